The highest BCUT2D eigenvalue weighted by Gasteiger charge is 2.17. The molecule has 0 unspecified atom stereocenters. The minimum absolute atomic E-state index is 0.0953. The van der Waals surface area contributed by atoms with Crippen LogP contribution in [-0.4, -0.2) is 26.7 Å². The lowest BCUT2D eigenvalue weighted by Gasteiger charge is -2.13. The van der Waals surface area contributed by atoms with Crippen molar-refractivity contribution >= 4 is 22.3 Å². The van der Waals surface area contributed by atoms with Gasteiger partial charge in [-0.1, -0.05) is 43.4 Å². The number of benzene rings is 1. The van der Waals surface area contributed by atoms with Crippen molar-refractivity contribution in [2.75, 3.05) is 0 Å². The topological polar surface area (TPSA) is 82.8 Å². The number of esters is 1. The van der Waals surface area contributed by atoms with Crippen molar-refractivity contribution in [3.63, 3.8) is 0 Å². The fraction of sp³-hybridized carbons (Fsp3) is 0.333. The maximum atomic E-state index is 12.2. The normalized spacial score (nSPS) is 12.3. The third-order valence-electron chi connectivity index (χ3n) is 3.56. The van der Waals surface area contributed by atoms with E-state index in [-0.39, 0.29) is 18.1 Å². The molecule has 0 radical (unpaired) electrons. The van der Waals surface area contributed by atoms with Gasteiger partial charge in [-0.25, -0.2) is 9.78 Å². The minimum atomic E-state index is -0.766. The quantitative estimate of drug-likeness (QED) is 0.618. The Hall–Kier alpha value is -2.74. The van der Waals surface area contributed by atoms with Crippen molar-refractivity contribution in [1.29, 1.82) is 0 Å². The average Bonchev–Trinajstić information content (AvgIpc) is 3.05. The number of para-hydroxylation sites is 1. The Balaban J connectivity index is 1.67. The van der Waals surface area contributed by atoms with Crippen molar-refractivity contribution in [2.24, 2.45) is 0 Å². The van der Waals surface area contributed by atoms with Crippen LogP contribution in [0.5, 0.6) is 5.75 Å². The molecule has 0 aliphatic heterocycles. The molecule has 0 N–H and O–H groups in total. The summed E-state index contributed by atoms with van der Waals surface area (Å²) in [5, 5.41) is 5.08. The van der Waals surface area contributed by atoms with Gasteiger partial charge in [0.2, 0.25) is 4.96 Å². The number of ether oxygens (including phenoxy) is 2. The van der Waals surface area contributed by atoms with Crippen LogP contribution in [-0.2, 0) is 16.1 Å². The molecule has 0 bridgehead atoms. The Morgan fingerprint density at radius 3 is 2.65 bits per heavy atom. The smallest absolute Gasteiger partial charge is 0.347 e. The first-order chi connectivity index (χ1) is 12.4. The van der Waals surface area contributed by atoms with E-state index in [9.17, 15) is 9.59 Å². The Kier molecular flexibility index (Phi) is 5.32. The third-order valence-corrected chi connectivity index (χ3v) is 4.77. The van der Waals surface area contributed by atoms with Crippen LogP contribution in [0.25, 0.3) is 4.96 Å². The van der Waals surface area contributed by atoms with Gasteiger partial charge in [0, 0.05) is 12.0 Å². The summed E-state index contributed by atoms with van der Waals surface area (Å²) in [4.78, 5) is 29.1. The van der Waals surface area contributed by atoms with Gasteiger partial charge in [-0.3, -0.25) is 4.79 Å². The van der Waals surface area contributed by atoms with Crippen molar-refractivity contribution in [2.45, 2.75) is 39.4 Å². The van der Waals surface area contributed by atoms with E-state index < -0.39 is 12.1 Å². The molecule has 0 aliphatic carbocycles. The SMILES string of the molecule is CC(C)c1nn2c(=O)cc(COC(=O)[C@H](C)Oc3ccccc3)nc2s1. The van der Waals surface area contributed by atoms with Crippen molar-refractivity contribution < 1.29 is 14.3 Å². The van der Waals surface area contributed by atoms with Gasteiger partial charge in [-0.15, -0.1) is 0 Å². The fourth-order valence-corrected chi connectivity index (χ4v) is 3.12. The van der Waals surface area contributed by atoms with Crippen molar-refractivity contribution in [3.8, 4) is 5.75 Å². The maximum absolute atomic E-state index is 12.2. The largest absolute Gasteiger partial charge is 0.479 e. The van der Waals surface area contributed by atoms with E-state index in [1.165, 1.54) is 21.9 Å². The molecule has 3 rings (SSSR count). The van der Waals surface area contributed by atoms with E-state index in [0.717, 1.165) is 5.01 Å². The Labute approximate surface area is 154 Å². The van der Waals surface area contributed by atoms with Crippen molar-refractivity contribution in [1.82, 2.24) is 14.6 Å². The molecule has 8 heteroatoms. The summed E-state index contributed by atoms with van der Waals surface area (Å²) in [7, 11) is 0. The second-order valence-electron chi connectivity index (χ2n) is 6.06. The average molecular weight is 373 g/mol. The van der Waals surface area contributed by atoms with E-state index in [1.807, 2.05) is 32.0 Å². The number of carbonyl (C=O) groups is 1. The standard InChI is InChI=1S/C18H19N3O4S/c1-11(2)16-20-21-15(22)9-13(19-18(21)26-16)10-24-17(23)12(3)25-14-7-5-4-6-8-14/h4-9,11-12H,10H2,1-3H3/t12-/m0/s1. The molecule has 0 saturated carbocycles. The molecule has 0 aliphatic rings. The van der Waals surface area contributed by atoms with Gasteiger partial charge in [-0.2, -0.15) is 9.61 Å². The lowest BCUT2D eigenvalue weighted by Crippen LogP contribution is -2.26. The first-order valence-electron chi connectivity index (χ1n) is 8.22. The van der Waals surface area contributed by atoms with Crippen LogP contribution in [0, 0.1) is 0 Å². The maximum Gasteiger partial charge on any atom is 0.347 e. The number of hydrogen-bond acceptors (Lipinski definition) is 7. The molecular formula is C18H19N3O4S. The first kappa shape index (κ1) is 18.1. The third kappa shape index (κ3) is 4.08. The molecule has 0 spiro atoms. The zero-order chi connectivity index (χ0) is 18.7. The number of nitrogens with zero attached hydrogens (tertiary/aromatic N) is 3. The van der Waals surface area contributed by atoms with Gasteiger partial charge >= 0.3 is 5.97 Å². The van der Waals surface area contributed by atoms with Gasteiger partial charge in [0.05, 0.1) is 5.69 Å². The van der Waals surface area contributed by atoms with Gasteiger partial charge in [0.25, 0.3) is 5.56 Å². The fourth-order valence-electron chi connectivity index (χ4n) is 2.19. The zero-order valence-corrected chi connectivity index (χ0v) is 15.5. The summed E-state index contributed by atoms with van der Waals surface area (Å²) in [6.07, 6.45) is -0.766. The van der Waals surface area contributed by atoms with Crippen molar-refractivity contribution in [3.05, 3.63) is 57.5 Å². The second kappa shape index (κ2) is 7.65. The molecule has 2 heterocycles. The van der Waals surface area contributed by atoms with Gasteiger partial charge < -0.3 is 9.47 Å². The summed E-state index contributed by atoms with van der Waals surface area (Å²) in [6.45, 7) is 5.51. The number of rotatable bonds is 6. The minimum Gasteiger partial charge on any atom is -0.479 e. The molecule has 0 fully saturated rings. The van der Waals surface area contributed by atoms with E-state index in [0.29, 0.717) is 16.4 Å². The molecular weight excluding hydrogens is 354 g/mol. The Morgan fingerprint density at radius 2 is 1.96 bits per heavy atom. The molecule has 26 heavy (non-hydrogen) atoms. The van der Waals surface area contributed by atoms with Crippen LogP contribution in [0.3, 0.4) is 0 Å². The molecule has 0 amide bonds. The molecule has 2 aromatic heterocycles. The van der Waals surface area contributed by atoms with Gasteiger partial charge in [0.1, 0.15) is 17.4 Å². The Bertz CT molecular complexity index is 965. The Morgan fingerprint density at radius 1 is 1.23 bits per heavy atom. The summed E-state index contributed by atoms with van der Waals surface area (Å²) < 4.78 is 12.0. The highest BCUT2D eigenvalue weighted by molar-refractivity contribution is 7.16. The van der Waals surface area contributed by atoms with E-state index in [4.69, 9.17) is 9.47 Å². The van der Waals surface area contributed by atoms with E-state index >= 15 is 0 Å². The number of fused-ring (bicyclic) bond motifs is 1. The van der Waals surface area contributed by atoms with Crippen LogP contribution < -0.4 is 10.3 Å². The van der Waals surface area contributed by atoms with Gasteiger partial charge in [0.15, 0.2) is 6.10 Å². The monoisotopic (exact) mass is 373 g/mol. The number of carbonyl (C=O) groups excluding carboxylic acids is 1. The summed E-state index contributed by atoms with van der Waals surface area (Å²) in [5.41, 5.74) is 0.0898. The lowest BCUT2D eigenvalue weighted by atomic mass is 10.2. The van der Waals surface area contributed by atoms with Crippen LogP contribution in [0.15, 0.2) is 41.2 Å². The lowest BCUT2D eigenvalue weighted by molar-refractivity contribution is -0.152. The molecule has 3 aromatic rings. The number of aromatic nitrogens is 3. The molecule has 1 aromatic carbocycles. The molecule has 136 valence electrons. The molecule has 0 saturated heterocycles. The predicted octanol–water partition coefficient (Wildman–Crippen LogP) is 2.79. The summed E-state index contributed by atoms with van der Waals surface area (Å²) in [5.74, 6) is 0.266. The van der Waals surface area contributed by atoms with E-state index in [1.54, 1.807) is 19.1 Å². The number of hydrogen-bond donors (Lipinski definition) is 0. The van der Waals surface area contributed by atoms with Crippen LogP contribution in [0.4, 0.5) is 0 Å². The first-order valence-corrected chi connectivity index (χ1v) is 9.03. The molecule has 7 nitrogen and oxygen atoms in total. The molecule has 1 atom stereocenters. The van der Waals surface area contributed by atoms with E-state index in [2.05, 4.69) is 10.1 Å². The highest BCUT2D eigenvalue weighted by Crippen LogP contribution is 2.20. The van der Waals surface area contributed by atoms with Crippen LogP contribution in [0.1, 0.15) is 37.4 Å². The highest BCUT2D eigenvalue weighted by atomic mass is 32.1. The van der Waals surface area contributed by atoms with Gasteiger partial charge in [-0.05, 0) is 19.1 Å². The summed E-state index contributed by atoms with van der Waals surface area (Å²) in [6, 6.07) is 10.3. The summed E-state index contributed by atoms with van der Waals surface area (Å²) >= 11 is 1.35. The predicted molar refractivity (Wildman–Crippen MR) is 97.6 cm³/mol. The van der Waals surface area contributed by atoms with Crippen LogP contribution >= 0.6 is 11.3 Å². The zero-order valence-electron chi connectivity index (χ0n) is 14.7. The second-order valence-corrected chi connectivity index (χ2v) is 7.04. The van der Waals surface area contributed by atoms with Crippen LogP contribution in [0.2, 0.25) is 0 Å².